The molecular formula is C11H16Br2ClN. The van der Waals surface area contributed by atoms with Crippen LogP contribution in [0.1, 0.15) is 31.9 Å². The van der Waals surface area contributed by atoms with Crippen LogP contribution >= 0.6 is 44.3 Å². The van der Waals surface area contributed by atoms with Gasteiger partial charge < -0.3 is 5.73 Å². The first-order valence-corrected chi connectivity index (χ1v) is 6.30. The van der Waals surface area contributed by atoms with E-state index in [0.717, 1.165) is 15.4 Å². The highest BCUT2D eigenvalue weighted by Crippen LogP contribution is 2.28. The van der Waals surface area contributed by atoms with Gasteiger partial charge in [0.1, 0.15) is 0 Å². The maximum absolute atomic E-state index is 6.11. The lowest BCUT2D eigenvalue weighted by atomic mass is 9.98. The second kappa shape index (κ2) is 6.89. The maximum atomic E-state index is 6.11. The Kier molecular flexibility index (Phi) is 7.09. The molecule has 0 aromatic heterocycles. The van der Waals surface area contributed by atoms with E-state index in [2.05, 4.69) is 51.8 Å². The van der Waals surface area contributed by atoms with Crippen LogP contribution in [-0.4, -0.2) is 0 Å². The van der Waals surface area contributed by atoms with Crippen molar-refractivity contribution < 1.29 is 0 Å². The predicted molar refractivity (Wildman–Crippen MR) is 75.5 cm³/mol. The second-order valence-electron chi connectivity index (χ2n) is 3.90. The molecule has 1 atom stereocenters. The van der Waals surface area contributed by atoms with Crippen molar-refractivity contribution in [3.8, 4) is 0 Å². The molecule has 0 unspecified atom stereocenters. The Morgan fingerprint density at radius 2 is 1.87 bits per heavy atom. The molecule has 0 heterocycles. The highest BCUT2D eigenvalue weighted by atomic mass is 79.9. The molecule has 15 heavy (non-hydrogen) atoms. The number of hydrogen-bond donors (Lipinski definition) is 1. The molecule has 0 amide bonds. The molecule has 4 heteroatoms. The highest BCUT2D eigenvalue weighted by Gasteiger charge is 2.11. The average Bonchev–Trinajstić information content (AvgIpc) is 2.08. The van der Waals surface area contributed by atoms with Gasteiger partial charge in [0.25, 0.3) is 0 Å². The van der Waals surface area contributed by atoms with E-state index in [4.69, 9.17) is 5.73 Å². The first kappa shape index (κ1) is 15.4. The molecule has 1 aromatic rings. The lowest BCUT2D eigenvalue weighted by Gasteiger charge is -2.16. The van der Waals surface area contributed by atoms with Gasteiger partial charge in [0, 0.05) is 15.0 Å². The van der Waals surface area contributed by atoms with Gasteiger partial charge in [-0.05, 0) is 36.1 Å². The quantitative estimate of drug-likeness (QED) is 0.835. The van der Waals surface area contributed by atoms with Gasteiger partial charge in [0.15, 0.2) is 0 Å². The van der Waals surface area contributed by atoms with Crippen molar-refractivity contribution in [2.75, 3.05) is 0 Å². The van der Waals surface area contributed by atoms with Gasteiger partial charge in [-0.25, -0.2) is 0 Å². The van der Waals surface area contributed by atoms with Crippen LogP contribution < -0.4 is 5.73 Å². The van der Waals surface area contributed by atoms with Crippen LogP contribution in [0, 0.1) is 5.92 Å². The summed E-state index contributed by atoms with van der Waals surface area (Å²) in [5, 5.41) is 0. The van der Waals surface area contributed by atoms with Gasteiger partial charge in [0.2, 0.25) is 0 Å². The van der Waals surface area contributed by atoms with Crippen LogP contribution in [0.4, 0.5) is 0 Å². The van der Waals surface area contributed by atoms with Crippen molar-refractivity contribution in [1.29, 1.82) is 0 Å². The Balaban J connectivity index is 0.00000196. The van der Waals surface area contributed by atoms with Crippen molar-refractivity contribution >= 4 is 44.3 Å². The fourth-order valence-corrected chi connectivity index (χ4v) is 2.35. The van der Waals surface area contributed by atoms with Gasteiger partial charge >= 0.3 is 0 Å². The Labute approximate surface area is 114 Å². The summed E-state index contributed by atoms with van der Waals surface area (Å²) >= 11 is 6.97. The molecule has 0 fully saturated rings. The summed E-state index contributed by atoms with van der Waals surface area (Å²) < 4.78 is 2.17. The minimum absolute atomic E-state index is 0. The van der Waals surface area contributed by atoms with E-state index in [1.54, 1.807) is 0 Å². The standard InChI is InChI=1S/C11H15Br2N.ClH/c1-7(2)5-11(14)9-6-8(12)3-4-10(9)13;/h3-4,6-7,11H,5,14H2,1-2H3;1H/t11-;/m0./s1. The monoisotopic (exact) mass is 355 g/mol. The lowest BCUT2D eigenvalue weighted by molar-refractivity contribution is 0.509. The number of rotatable bonds is 3. The largest absolute Gasteiger partial charge is 0.324 e. The maximum Gasteiger partial charge on any atom is 0.0308 e. The van der Waals surface area contributed by atoms with E-state index in [1.165, 1.54) is 5.56 Å². The van der Waals surface area contributed by atoms with E-state index in [9.17, 15) is 0 Å². The fraction of sp³-hybridized carbons (Fsp3) is 0.455. The Hall–Kier alpha value is 0.430. The molecule has 0 radical (unpaired) electrons. The van der Waals surface area contributed by atoms with E-state index in [0.29, 0.717) is 5.92 Å². The van der Waals surface area contributed by atoms with Crippen LogP contribution in [0.15, 0.2) is 27.1 Å². The zero-order chi connectivity index (χ0) is 10.7. The number of benzene rings is 1. The third-order valence-corrected chi connectivity index (χ3v) is 3.30. The van der Waals surface area contributed by atoms with E-state index in [-0.39, 0.29) is 18.4 Å². The molecule has 0 saturated carbocycles. The van der Waals surface area contributed by atoms with Crippen molar-refractivity contribution in [2.24, 2.45) is 11.7 Å². The lowest BCUT2D eigenvalue weighted by Crippen LogP contribution is -2.13. The van der Waals surface area contributed by atoms with Gasteiger partial charge in [0.05, 0.1) is 0 Å². The molecule has 0 spiro atoms. The summed E-state index contributed by atoms with van der Waals surface area (Å²) in [6.45, 7) is 4.37. The van der Waals surface area contributed by atoms with E-state index in [1.807, 2.05) is 12.1 Å². The molecule has 0 saturated heterocycles. The molecule has 0 aliphatic heterocycles. The minimum Gasteiger partial charge on any atom is -0.324 e. The van der Waals surface area contributed by atoms with Crippen LogP contribution in [0.25, 0.3) is 0 Å². The fourth-order valence-electron chi connectivity index (χ4n) is 1.43. The smallest absolute Gasteiger partial charge is 0.0308 e. The van der Waals surface area contributed by atoms with Gasteiger partial charge in [-0.3, -0.25) is 0 Å². The number of nitrogens with two attached hydrogens (primary N) is 1. The summed E-state index contributed by atoms with van der Waals surface area (Å²) in [5.41, 5.74) is 7.29. The highest BCUT2D eigenvalue weighted by molar-refractivity contribution is 9.11. The van der Waals surface area contributed by atoms with Crippen molar-refractivity contribution in [1.82, 2.24) is 0 Å². The van der Waals surface area contributed by atoms with Crippen LogP contribution in [0.2, 0.25) is 0 Å². The second-order valence-corrected chi connectivity index (χ2v) is 5.67. The molecule has 1 nitrogen and oxygen atoms in total. The molecular weight excluding hydrogens is 341 g/mol. The minimum atomic E-state index is 0. The average molecular weight is 358 g/mol. The van der Waals surface area contributed by atoms with Crippen LogP contribution in [0.3, 0.4) is 0 Å². The van der Waals surface area contributed by atoms with Crippen molar-refractivity contribution in [3.63, 3.8) is 0 Å². The summed E-state index contributed by atoms with van der Waals surface area (Å²) in [7, 11) is 0. The van der Waals surface area contributed by atoms with Crippen LogP contribution in [0.5, 0.6) is 0 Å². The zero-order valence-electron chi connectivity index (χ0n) is 8.84. The van der Waals surface area contributed by atoms with E-state index >= 15 is 0 Å². The van der Waals surface area contributed by atoms with Crippen molar-refractivity contribution in [3.05, 3.63) is 32.7 Å². The molecule has 1 rings (SSSR count). The van der Waals surface area contributed by atoms with Crippen molar-refractivity contribution in [2.45, 2.75) is 26.3 Å². The van der Waals surface area contributed by atoms with E-state index < -0.39 is 0 Å². The first-order chi connectivity index (χ1) is 6.50. The number of halogens is 3. The third-order valence-electron chi connectivity index (χ3n) is 2.08. The Morgan fingerprint density at radius 3 is 2.40 bits per heavy atom. The molecule has 86 valence electrons. The molecule has 0 aliphatic rings. The Bertz CT molecular complexity index is 315. The molecule has 0 aliphatic carbocycles. The van der Waals surface area contributed by atoms with Crippen LogP contribution in [-0.2, 0) is 0 Å². The number of hydrogen-bond acceptors (Lipinski definition) is 1. The Morgan fingerprint density at radius 1 is 1.27 bits per heavy atom. The van der Waals surface area contributed by atoms with Gasteiger partial charge in [-0.1, -0.05) is 45.7 Å². The topological polar surface area (TPSA) is 26.0 Å². The first-order valence-electron chi connectivity index (χ1n) is 4.71. The summed E-state index contributed by atoms with van der Waals surface area (Å²) in [6.07, 6.45) is 1.01. The van der Waals surface area contributed by atoms with Gasteiger partial charge in [-0.15, -0.1) is 12.4 Å². The third kappa shape index (κ3) is 4.85. The molecule has 2 N–H and O–H groups in total. The zero-order valence-corrected chi connectivity index (χ0v) is 12.8. The predicted octanol–water partition coefficient (Wildman–Crippen LogP) is 4.68. The summed E-state index contributed by atoms with van der Waals surface area (Å²) in [5.74, 6) is 0.621. The normalized spacial score (nSPS) is 12.4. The van der Waals surface area contributed by atoms with Gasteiger partial charge in [-0.2, -0.15) is 0 Å². The SMILES string of the molecule is CC(C)C[C@H](N)c1cc(Br)ccc1Br.Cl. The molecule has 1 aromatic carbocycles. The summed E-state index contributed by atoms with van der Waals surface area (Å²) in [4.78, 5) is 0. The molecule has 0 bridgehead atoms. The summed E-state index contributed by atoms with van der Waals surface area (Å²) in [6, 6.07) is 6.23.